The first kappa shape index (κ1) is 3.61. The van der Waals surface area contributed by atoms with Crippen LogP contribution in [-0.4, -0.2) is 22.1 Å². The number of aromatic nitrogens is 2. The lowest BCUT2D eigenvalue weighted by Gasteiger charge is -2.12. The van der Waals surface area contributed by atoms with E-state index in [9.17, 15) is 4.79 Å². The van der Waals surface area contributed by atoms with Crippen LogP contribution in [-0.2, 0) is 23.0 Å². The molecule has 0 saturated carbocycles. The fourth-order valence-corrected chi connectivity index (χ4v) is 1.21. The van der Waals surface area contributed by atoms with Gasteiger partial charge in [0.15, 0.2) is 0 Å². The summed E-state index contributed by atoms with van der Waals surface area (Å²) in [5, 5.41) is 0. The summed E-state index contributed by atoms with van der Waals surface area (Å²) in [7, 11) is 1.39. The SMILES string of the molecule is [2H]C1([2H])OC(=O)[C@@]([2H])(C([2H])([2H])C([2H])([2H])[2H])[C@H]1C([2H])([2H])c1cncn1C. The predicted octanol–water partition coefficient (Wildman–Crippen LogP) is 1.16. The van der Waals surface area contributed by atoms with Crippen molar-refractivity contribution in [1.82, 2.24) is 9.55 Å². The molecule has 4 nitrogen and oxygen atoms in total. The summed E-state index contributed by atoms with van der Waals surface area (Å²) in [6, 6.07) is 0. The number of ether oxygens (including phenoxy) is 1. The third kappa shape index (κ3) is 1.89. The second kappa shape index (κ2) is 4.04. The fraction of sp³-hybridized carbons (Fsp3) is 0.636. The van der Waals surface area contributed by atoms with Crippen LogP contribution in [0, 0.1) is 11.8 Å². The van der Waals surface area contributed by atoms with Gasteiger partial charge in [-0.05, 0) is 12.7 Å². The zero-order valence-electron chi connectivity index (χ0n) is 17.9. The summed E-state index contributed by atoms with van der Waals surface area (Å²) in [5.41, 5.74) is -0.252. The molecule has 4 heteroatoms. The molecule has 0 aliphatic carbocycles. The number of hydrogen-bond acceptors (Lipinski definition) is 3. The van der Waals surface area contributed by atoms with Gasteiger partial charge in [-0.25, -0.2) is 4.98 Å². The molecule has 1 saturated heterocycles. The Morgan fingerprint density at radius 2 is 2.87 bits per heavy atom. The minimum absolute atomic E-state index is 0.252. The Morgan fingerprint density at radius 1 is 2.00 bits per heavy atom. The van der Waals surface area contributed by atoms with Gasteiger partial charge in [-0.15, -0.1) is 0 Å². The number of rotatable bonds is 3. The number of cyclic esters (lactones) is 1. The van der Waals surface area contributed by atoms with E-state index in [1.807, 2.05) is 0 Å². The van der Waals surface area contributed by atoms with Crippen molar-refractivity contribution in [3.05, 3.63) is 18.2 Å². The third-order valence-corrected chi connectivity index (χ3v) is 2.02. The number of carbonyl (C=O) groups excluding carboxylic acids is 1. The highest BCUT2D eigenvalue weighted by Gasteiger charge is 2.35. The Balaban J connectivity index is 2.75. The Hall–Kier alpha value is -1.32. The lowest BCUT2D eigenvalue weighted by atomic mass is 9.89. The zero-order valence-corrected chi connectivity index (χ0v) is 7.94. The minimum atomic E-state index is -3.57. The van der Waals surface area contributed by atoms with E-state index in [0.29, 0.717) is 0 Å². The lowest BCUT2D eigenvalue weighted by Crippen LogP contribution is -2.18. The van der Waals surface area contributed by atoms with E-state index in [4.69, 9.17) is 13.7 Å². The number of aryl methyl sites for hydroxylation is 1. The summed E-state index contributed by atoms with van der Waals surface area (Å²) in [4.78, 5) is 15.9. The van der Waals surface area contributed by atoms with E-state index in [-0.39, 0.29) is 5.69 Å². The van der Waals surface area contributed by atoms with Crippen LogP contribution in [0.3, 0.4) is 0 Å². The Morgan fingerprint density at radius 3 is 3.53 bits per heavy atom. The molecular weight excluding hydrogens is 192 g/mol. The highest BCUT2D eigenvalue weighted by molar-refractivity contribution is 5.74. The second-order valence-corrected chi connectivity index (χ2v) is 3.01. The molecule has 82 valence electrons. The van der Waals surface area contributed by atoms with Crippen molar-refractivity contribution < 1.29 is 23.2 Å². The maximum Gasteiger partial charge on any atom is 0.309 e. The van der Waals surface area contributed by atoms with Crippen molar-refractivity contribution in [2.45, 2.75) is 19.6 Å². The van der Waals surface area contributed by atoms with Crippen LogP contribution >= 0.6 is 0 Å². The monoisotopic (exact) mass is 218 g/mol. The lowest BCUT2D eigenvalue weighted by molar-refractivity contribution is -0.141. The molecule has 0 unspecified atom stereocenters. The van der Waals surface area contributed by atoms with Crippen molar-refractivity contribution in [2.24, 2.45) is 18.9 Å². The molecule has 0 spiro atoms. The summed E-state index contributed by atoms with van der Waals surface area (Å²) < 4.78 is 83.7. The number of hydrogen-bond donors (Lipinski definition) is 0. The van der Waals surface area contributed by atoms with Crippen LogP contribution in [0.25, 0.3) is 0 Å². The fourth-order valence-electron chi connectivity index (χ4n) is 1.21. The molecule has 1 fully saturated rings. The Bertz CT molecular complexity index is 697. The van der Waals surface area contributed by atoms with Gasteiger partial charge in [0.25, 0.3) is 0 Å². The standard InChI is InChI=1S/C11H16N2O2/c1-3-10-8(6-15-11(10)14)4-9-5-12-7-13(9)2/h5,7-8,10H,3-4,6H2,1-2H3/t8-,10-/m0/s1/i1D3,3D2,4D2,6D2,10D. The van der Waals surface area contributed by atoms with E-state index < -0.39 is 43.9 Å². The first-order valence-corrected chi connectivity index (χ1v) is 4.21. The molecular formula is C11H16N2O2. The number of carbonyl (C=O) groups is 1. The van der Waals surface area contributed by atoms with E-state index >= 15 is 0 Å². The van der Waals surface area contributed by atoms with Crippen LogP contribution in [0.2, 0.25) is 0 Å². The zero-order chi connectivity index (χ0) is 19.6. The van der Waals surface area contributed by atoms with Crippen LogP contribution in [0.4, 0.5) is 0 Å². The second-order valence-electron chi connectivity index (χ2n) is 3.01. The van der Waals surface area contributed by atoms with Gasteiger partial charge >= 0.3 is 5.97 Å². The van der Waals surface area contributed by atoms with Crippen molar-refractivity contribution >= 4 is 5.97 Å². The topological polar surface area (TPSA) is 44.1 Å². The highest BCUT2D eigenvalue weighted by Crippen LogP contribution is 2.27. The van der Waals surface area contributed by atoms with Gasteiger partial charge in [0.2, 0.25) is 0 Å². The maximum atomic E-state index is 12.2. The molecule has 0 amide bonds. The van der Waals surface area contributed by atoms with Gasteiger partial charge in [-0.1, -0.05) is 6.85 Å². The van der Waals surface area contributed by atoms with E-state index in [1.165, 1.54) is 17.9 Å². The number of nitrogens with zero attached hydrogens (tertiary/aromatic N) is 2. The van der Waals surface area contributed by atoms with Gasteiger partial charge in [0, 0.05) is 35.8 Å². The van der Waals surface area contributed by atoms with Crippen LogP contribution in [0.1, 0.15) is 32.6 Å². The molecule has 15 heavy (non-hydrogen) atoms. The summed E-state index contributed by atoms with van der Waals surface area (Å²) in [6.07, 6.45) is -4.17. The summed E-state index contributed by atoms with van der Waals surface area (Å²) >= 11 is 0. The van der Waals surface area contributed by atoms with Gasteiger partial charge in [-0.3, -0.25) is 4.79 Å². The minimum Gasteiger partial charge on any atom is -0.465 e. The number of esters is 1. The Labute approximate surface area is 103 Å². The molecule has 1 aromatic heterocycles. The summed E-state index contributed by atoms with van der Waals surface area (Å²) in [5.74, 6) is -7.52. The largest absolute Gasteiger partial charge is 0.465 e. The first-order chi connectivity index (χ1) is 11.0. The molecule has 2 atom stereocenters. The molecule has 0 aromatic carbocycles. The van der Waals surface area contributed by atoms with Gasteiger partial charge in [0.05, 0.1) is 21.5 Å². The van der Waals surface area contributed by atoms with Crippen LogP contribution < -0.4 is 0 Å². The normalized spacial score (nSPS) is 46.5. The van der Waals surface area contributed by atoms with Gasteiger partial charge in [-0.2, -0.15) is 0 Å². The molecule has 1 aromatic rings. The van der Waals surface area contributed by atoms with Gasteiger partial charge in [0.1, 0.15) is 0 Å². The van der Waals surface area contributed by atoms with E-state index in [1.54, 1.807) is 0 Å². The van der Waals surface area contributed by atoms with Gasteiger partial charge < -0.3 is 9.30 Å². The quantitative estimate of drug-likeness (QED) is 0.715. The molecule has 2 rings (SSSR count). The molecule has 1 aliphatic heterocycles. The molecule has 0 bridgehead atoms. The van der Waals surface area contributed by atoms with Crippen LogP contribution in [0.15, 0.2) is 12.5 Å². The van der Waals surface area contributed by atoms with Crippen LogP contribution in [0.5, 0.6) is 0 Å². The van der Waals surface area contributed by atoms with E-state index in [0.717, 1.165) is 6.20 Å². The van der Waals surface area contributed by atoms with Crippen molar-refractivity contribution in [2.75, 3.05) is 6.56 Å². The van der Waals surface area contributed by atoms with E-state index in [2.05, 4.69) is 9.72 Å². The maximum absolute atomic E-state index is 12.2. The highest BCUT2D eigenvalue weighted by atomic mass is 16.5. The first-order valence-electron chi connectivity index (χ1n) is 9.21. The van der Waals surface area contributed by atoms with Crippen molar-refractivity contribution in [1.29, 1.82) is 0 Å². The average Bonchev–Trinajstić information content (AvgIpc) is 2.89. The van der Waals surface area contributed by atoms with Crippen molar-refractivity contribution in [3.63, 3.8) is 0 Å². The Kier molecular flexibility index (Phi) is 0.974. The smallest absolute Gasteiger partial charge is 0.309 e. The molecule has 0 radical (unpaired) electrons. The molecule has 2 heterocycles. The molecule has 0 N–H and O–H groups in total. The predicted molar refractivity (Wildman–Crippen MR) is 55.1 cm³/mol. The summed E-state index contributed by atoms with van der Waals surface area (Å²) in [6.45, 7) is -6.60. The number of imidazole rings is 1. The average molecular weight is 218 g/mol. The third-order valence-electron chi connectivity index (χ3n) is 2.02. The van der Waals surface area contributed by atoms with Crippen molar-refractivity contribution in [3.8, 4) is 0 Å². The molecule has 1 aliphatic rings.